The van der Waals surface area contributed by atoms with Gasteiger partial charge in [0.15, 0.2) is 0 Å². The van der Waals surface area contributed by atoms with Crippen LogP contribution in [0.3, 0.4) is 0 Å². The summed E-state index contributed by atoms with van der Waals surface area (Å²) in [7, 11) is 1.86. The Kier molecular flexibility index (Phi) is 3.93. The van der Waals surface area contributed by atoms with Gasteiger partial charge in [0, 0.05) is 24.5 Å². The highest BCUT2D eigenvalue weighted by molar-refractivity contribution is 7.09. The Hall–Kier alpha value is -1.62. The number of nitrogens with zero attached hydrogens (tertiary/aromatic N) is 2. The van der Waals surface area contributed by atoms with Crippen LogP contribution in [0.5, 0.6) is 0 Å². The maximum Gasteiger partial charge on any atom is 0.131 e. The molecule has 2 heterocycles. The number of rotatable bonds is 5. The first kappa shape index (κ1) is 11.9. The fraction of sp³-hybridized carbons (Fsp3) is 0.333. The van der Waals surface area contributed by atoms with Gasteiger partial charge in [-0.25, -0.2) is 9.97 Å². The summed E-state index contributed by atoms with van der Waals surface area (Å²) in [5, 5.41) is 8.44. The molecule has 0 unspecified atom stereocenters. The van der Waals surface area contributed by atoms with Gasteiger partial charge in [-0.3, -0.25) is 0 Å². The molecule has 5 heteroatoms. The monoisotopic (exact) mass is 248 g/mol. The molecule has 0 spiro atoms. The lowest BCUT2D eigenvalue weighted by atomic mass is 10.3. The summed E-state index contributed by atoms with van der Waals surface area (Å²) in [5.41, 5.74) is 0. The van der Waals surface area contributed by atoms with Crippen LogP contribution in [0.15, 0.2) is 23.6 Å². The van der Waals surface area contributed by atoms with Crippen LogP contribution >= 0.6 is 11.3 Å². The van der Waals surface area contributed by atoms with Crippen LogP contribution in [-0.2, 0) is 6.42 Å². The van der Waals surface area contributed by atoms with E-state index in [0.717, 1.165) is 30.4 Å². The van der Waals surface area contributed by atoms with Gasteiger partial charge < -0.3 is 10.6 Å². The van der Waals surface area contributed by atoms with E-state index in [1.165, 1.54) is 4.88 Å². The molecule has 0 aliphatic rings. The zero-order chi connectivity index (χ0) is 12.1. The van der Waals surface area contributed by atoms with Crippen molar-refractivity contribution >= 4 is 23.0 Å². The summed E-state index contributed by atoms with van der Waals surface area (Å²) in [4.78, 5) is 9.98. The van der Waals surface area contributed by atoms with Crippen molar-refractivity contribution in [2.24, 2.45) is 0 Å². The third-order valence-corrected chi connectivity index (χ3v) is 3.29. The second-order valence-electron chi connectivity index (χ2n) is 3.69. The molecule has 90 valence electrons. The van der Waals surface area contributed by atoms with Gasteiger partial charge in [-0.1, -0.05) is 6.07 Å². The number of hydrogen-bond acceptors (Lipinski definition) is 5. The molecule has 0 saturated heterocycles. The minimum absolute atomic E-state index is 0.774. The van der Waals surface area contributed by atoms with E-state index in [2.05, 4.69) is 38.1 Å². The number of aryl methyl sites for hydroxylation is 1. The molecule has 0 atom stereocenters. The number of aromatic nitrogens is 2. The summed E-state index contributed by atoms with van der Waals surface area (Å²) < 4.78 is 0. The SMILES string of the molecule is CNc1cc(NCCc2cccs2)nc(C)n1. The summed E-state index contributed by atoms with van der Waals surface area (Å²) in [6, 6.07) is 6.14. The minimum Gasteiger partial charge on any atom is -0.373 e. The summed E-state index contributed by atoms with van der Waals surface area (Å²) in [6.07, 6.45) is 1.02. The van der Waals surface area contributed by atoms with Crippen LogP contribution in [-0.4, -0.2) is 23.6 Å². The van der Waals surface area contributed by atoms with Gasteiger partial charge in [0.2, 0.25) is 0 Å². The number of nitrogens with one attached hydrogen (secondary N) is 2. The van der Waals surface area contributed by atoms with Crippen LogP contribution in [0.1, 0.15) is 10.7 Å². The van der Waals surface area contributed by atoms with E-state index < -0.39 is 0 Å². The first-order valence-electron chi connectivity index (χ1n) is 5.57. The minimum atomic E-state index is 0.774. The Morgan fingerprint density at radius 2 is 2.12 bits per heavy atom. The van der Waals surface area contributed by atoms with Crippen molar-refractivity contribution in [2.45, 2.75) is 13.3 Å². The van der Waals surface area contributed by atoms with Gasteiger partial charge in [0.25, 0.3) is 0 Å². The Morgan fingerprint density at radius 3 is 2.82 bits per heavy atom. The third kappa shape index (κ3) is 3.42. The molecule has 0 aromatic carbocycles. The number of hydrogen-bond donors (Lipinski definition) is 2. The molecular formula is C12H16N4S. The standard InChI is InChI=1S/C12H16N4S/c1-9-15-11(13-2)8-12(16-9)14-6-5-10-4-3-7-17-10/h3-4,7-8H,5-6H2,1-2H3,(H2,13,14,15,16). The van der Waals surface area contributed by atoms with Crippen LogP contribution in [0.4, 0.5) is 11.6 Å². The molecule has 0 amide bonds. The van der Waals surface area contributed by atoms with E-state index in [1.54, 1.807) is 11.3 Å². The molecule has 4 nitrogen and oxygen atoms in total. The van der Waals surface area contributed by atoms with Gasteiger partial charge in [0.05, 0.1) is 0 Å². The second-order valence-corrected chi connectivity index (χ2v) is 4.72. The Bertz CT molecular complexity index is 467. The Morgan fingerprint density at radius 1 is 1.29 bits per heavy atom. The van der Waals surface area contributed by atoms with E-state index >= 15 is 0 Å². The largest absolute Gasteiger partial charge is 0.373 e. The van der Waals surface area contributed by atoms with Crippen LogP contribution in [0.2, 0.25) is 0 Å². The second kappa shape index (κ2) is 5.63. The quantitative estimate of drug-likeness (QED) is 0.853. The van der Waals surface area contributed by atoms with Crippen LogP contribution in [0, 0.1) is 6.92 Å². The molecule has 2 aromatic heterocycles. The molecule has 2 N–H and O–H groups in total. The van der Waals surface area contributed by atoms with Gasteiger partial charge in [-0.05, 0) is 24.8 Å². The average Bonchev–Trinajstić information content (AvgIpc) is 2.81. The number of thiophene rings is 1. The molecular weight excluding hydrogens is 232 g/mol. The lowest BCUT2D eigenvalue weighted by molar-refractivity contribution is 0.994. The molecule has 2 rings (SSSR count). The highest BCUT2D eigenvalue weighted by Gasteiger charge is 2.00. The molecule has 17 heavy (non-hydrogen) atoms. The first-order valence-corrected chi connectivity index (χ1v) is 6.45. The topological polar surface area (TPSA) is 49.8 Å². The predicted octanol–water partition coefficient (Wildman–Crippen LogP) is 2.54. The fourth-order valence-electron chi connectivity index (χ4n) is 1.55. The average molecular weight is 248 g/mol. The van der Waals surface area contributed by atoms with Crippen LogP contribution in [0.25, 0.3) is 0 Å². The fourth-order valence-corrected chi connectivity index (χ4v) is 2.26. The normalized spacial score (nSPS) is 10.2. The van der Waals surface area contributed by atoms with Gasteiger partial charge in [-0.2, -0.15) is 0 Å². The molecule has 0 saturated carbocycles. The maximum atomic E-state index is 4.34. The van der Waals surface area contributed by atoms with E-state index in [4.69, 9.17) is 0 Å². The maximum absolute atomic E-state index is 4.34. The lowest BCUT2D eigenvalue weighted by Gasteiger charge is -2.07. The zero-order valence-corrected chi connectivity index (χ0v) is 10.8. The van der Waals surface area contributed by atoms with E-state index in [0.29, 0.717) is 0 Å². The molecule has 0 aliphatic carbocycles. The molecule has 0 fully saturated rings. The Labute approximate surface area is 105 Å². The highest BCUT2D eigenvalue weighted by Crippen LogP contribution is 2.12. The summed E-state index contributed by atoms with van der Waals surface area (Å²) >= 11 is 1.78. The van der Waals surface area contributed by atoms with E-state index in [9.17, 15) is 0 Å². The summed E-state index contributed by atoms with van der Waals surface area (Å²) in [6.45, 7) is 2.78. The molecule has 0 bridgehead atoms. The smallest absolute Gasteiger partial charge is 0.131 e. The third-order valence-electron chi connectivity index (χ3n) is 2.35. The van der Waals surface area contributed by atoms with E-state index in [1.807, 2.05) is 20.0 Å². The van der Waals surface area contributed by atoms with Crippen molar-refractivity contribution in [3.63, 3.8) is 0 Å². The van der Waals surface area contributed by atoms with Crippen molar-refractivity contribution < 1.29 is 0 Å². The summed E-state index contributed by atoms with van der Waals surface area (Å²) in [5.74, 6) is 2.49. The zero-order valence-electron chi connectivity index (χ0n) is 10.0. The molecule has 2 aromatic rings. The highest BCUT2D eigenvalue weighted by atomic mass is 32.1. The van der Waals surface area contributed by atoms with Gasteiger partial charge >= 0.3 is 0 Å². The molecule has 0 aliphatic heterocycles. The first-order chi connectivity index (χ1) is 8.28. The van der Waals surface area contributed by atoms with E-state index in [-0.39, 0.29) is 0 Å². The van der Waals surface area contributed by atoms with Crippen molar-refractivity contribution in [1.29, 1.82) is 0 Å². The van der Waals surface area contributed by atoms with Crippen LogP contribution < -0.4 is 10.6 Å². The van der Waals surface area contributed by atoms with Crippen molar-refractivity contribution in [1.82, 2.24) is 9.97 Å². The van der Waals surface area contributed by atoms with Crippen molar-refractivity contribution in [3.05, 3.63) is 34.3 Å². The number of anilines is 2. The predicted molar refractivity (Wildman–Crippen MR) is 72.8 cm³/mol. The van der Waals surface area contributed by atoms with Crippen molar-refractivity contribution in [2.75, 3.05) is 24.2 Å². The lowest BCUT2D eigenvalue weighted by Crippen LogP contribution is -2.07. The van der Waals surface area contributed by atoms with Gasteiger partial charge in [-0.15, -0.1) is 11.3 Å². The van der Waals surface area contributed by atoms with Crippen molar-refractivity contribution in [3.8, 4) is 0 Å². The Balaban J connectivity index is 1.92. The molecule has 0 radical (unpaired) electrons. The van der Waals surface area contributed by atoms with Gasteiger partial charge in [0.1, 0.15) is 17.5 Å².